The van der Waals surface area contributed by atoms with Gasteiger partial charge < -0.3 is 4.57 Å². The molecule has 26 heavy (non-hydrogen) atoms. The average molecular weight is 427 g/mol. The van der Waals surface area contributed by atoms with Gasteiger partial charge in [-0.1, -0.05) is 39.4 Å². The molecular formula is C19H15BrN4OS. The number of hydrogen-bond acceptors (Lipinski definition) is 3. The molecule has 5 nitrogen and oxygen atoms in total. The Morgan fingerprint density at radius 3 is 3.04 bits per heavy atom. The quantitative estimate of drug-likeness (QED) is 0.457. The molecular weight excluding hydrogens is 412 g/mol. The average Bonchev–Trinajstić information content (AvgIpc) is 3.11. The first kappa shape index (κ1) is 16.9. The fraction of sp³-hybridized carbons (Fsp3) is 0.105. The van der Waals surface area contributed by atoms with Crippen molar-refractivity contribution < 1.29 is 4.79 Å². The van der Waals surface area contributed by atoms with Gasteiger partial charge in [-0.25, -0.2) is 4.98 Å². The van der Waals surface area contributed by atoms with E-state index in [0.29, 0.717) is 22.7 Å². The lowest BCUT2D eigenvalue weighted by atomic mass is 10.3. The highest BCUT2D eigenvalue weighted by atomic mass is 79.9. The number of hydrogen-bond donors (Lipinski definition) is 0. The third-order valence-corrected chi connectivity index (χ3v) is 5.59. The molecule has 4 rings (SSSR count). The maximum Gasteiger partial charge on any atom is 0.298 e. The van der Waals surface area contributed by atoms with Crippen molar-refractivity contribution in [1.82, 2.24) is 14.0 Å². The molecule has 0 radical (unpaired) electrons. The SMILES string of the molecule is C=CCn1c(=NC(=O)c2c(C)nc3ccccn23)sc2cc(Br)ccc21. The van der Waals surface area contributed by atoms with Crippen molar-refractivity contribution in [1.29, 1.82) is 0 Å². The Labute approximate surface area is 162 Å². The smallest absolute Gasteiger partial charge is 0.298 e. The van der Waals surface area contributed by atoms with Crippen LogP contribution in [0.3, 0.4) is 0 Å². The Morgan fingerprint density at radius 2 is 2.23 bits per heavy atom. The summed E-state index contributed by atoms with van der Waals surface area (Å²) in [6.45, 7) is 6.23. The monoisotopic (exact) mass is 426 g/mol. The van der Waals surface area contributed by atoms with E-state index in [1.165, 1.54) is 11.3 Å². The number of halogens is 1. The van der Waals surface area contributed by atoms with E-state index in [1.807, 2.05) is 54.1 Å². The number of benzene rings is 1. The molecule has 0 aliphatic rings. The molecule has 130 valence electrons. The maximum atomic E-state index is 12.9. The molecule has 7 heteroatoms. The van der Waals surface area contributed by atoms with Crippen molar-refractivity contribution in [3.05, 3.63) is 75.9 Å². The largest absolute Gasteiger partial charge is 0.312 e. The molecule has 1 amide bonds. The number of carbonyl (C=O) groups is 1. The van der Waals surface area contributed by atoms with E-state index in [-0.39, 0.29) is 5.91 Å². The highest BCUT2D eigenvalue weighted by Crippen LogP contribution is 2.22. The first-order valence-electron chi connectivity index (χ1n) is 8.01. The second-order valence-corrected chi connectivity index (χ2v) is 7.71. The Bertz CT molecular complexity index is 1230. The predicted octanol–water partition coefficient (Wildman–Crippen LogP) is 4.35. The van der Waals surface area contributed by atoms with Crippen LogP contribution in [-0.4, -0.2) is 19.9 Å². The minimum absolute atomic E-state index is 0.301. The Morgan fingerprint density at radius 1 is 1.38 bits per heavy atom. The van der Waals surface area contributed by atoms with Gasteiger partial charge in [-0.2, -0.15) is 4.99 Å². The van der Waals surface area contributed by atoms with Crippen LogP contribution in [0, 0.1) is 6.92 Å². The number of carbonyl (C=O) groups excluding carboxylic acids is 1. The third-order valence-electron chi connectivity index (χ3n) is 4.06. The van der Waals surface area contributed by atoms with Crippen molar-refractivity contribution in [2.45, 2.75) is 13.5 Å². The molecule has 0 saturated heterocycles. The summed E-state index contributed by atoms with van der Waals surface area (Å²) in [7, 11) is 0. The Kier molecular flexibility index (Phi) is 4.34. The summed E-state index contributed by atoms with van der Waals surface area (Å²) in [6.07, 6.45) is 3.63. The van der Waals surface area contributed by atoms with Crippen LogP contribution in [0.15, 0.2) is 64.7 Å². The van der Waals surface area contributed by atoms with Crippen molar-refractivity contribution in [3.8, 4) is 0 Å². The van der Waals surface area contributed by atoms with E-state index in [1.54, 1.807) is 10.5 Å². The maximum absolute atomic E-state index is 12.9. The van der Waals surface area contributed by atoms with E-state index in [0.717, 1.165) is 20.3 Å². The number of fused-ring (bicyclic) bond motifs is 2. The number of pyridine rings is 1. The van der Waals surface area contributed by atoms with Crippen LogP contribution in [0.25, 0.3) is 15.9 Å². The number of imidazole rings is 1. The number of nitrogens with zero attached hydrogens (tertiary/aromatic N) is 4. The standard InChI is InChI=1S/C19H15BrN4OS/c1-3-9-23-14-8-7-13(20)11-15(14)26-19(23)22-18(25)17-12(2)21-16-6-4-5-10-24(16)17/h3-8,10-11H,1,9H2,2H3. The van der Waals surface area contributed by atoms with E-state index in [2.05, 4.69) is 32.5 Å². The lowest BCUT2D eigenvalue weighted by molar-refractivity contribution is 0.0991. The zero-order valence-electron chi connectivity index (χ0n) is 14.0. The van der Waals surface area contributed by atoms with Crippen molar-refractivity contribution in [2.24, 2.45) is 4.99 Å². The van der Waals surface area contributed by atoms with Crippen LogP contribution in [-0.2, 0) is 6.54 Å². The number of aromatic nitrogens is 3. The Balaban J connectivity index is 1.92. The molecule has 0 spiro atoms. The minimum Gasteiger partial charge on any atom is -0.312 e. The first-order valence-corrected chi connectivity index (χ1v) is 9.62. The molecule has 0 N–H and O–H groups in total. The topological polar surface area (TPSA) is 51.7 Å². The second kappa shape index (κ2) is 6.66. The number of allylic oxidation sites excluding steroid dienone is 1. The predicted molar refractivity (Wildman–Crippen MR) is 108 cm³/mol. The zero-order valence-corrected chi connectivity index (χ0v) is 16.4. The minimum atomic E-state index is -0.301. The summed E-state index contributed by atoms with van der Waals surface area (Å²) < 4.78 is 5.83. The van der Waals surface area contributed by atoms with Crippen molar-refractivity contribution in [2.75, 3.05) is 0 Å². The third kappa shape index (κ3) is 2.83. The molecule has 0 aliphatic heterocycles. The van der Waals surface area contributed by atoms with Gasteiger partial charge in [0.2, 0.25) is 0 Å². The van der Waals surface area contributed by atoms with Gasteiger partial charge >= 0.3 is 0 Å². The van der Waals surface area contributed by atoms with E-state index >= 15 is 0 Å². The molecule has 4 aromatic rings. The highest BCUT2D eigenvalue weighted by Gasteiger charge is 2.16. The van der Waals surface area contributed by atoms with Crippen molar-refractivity contribution >= 4 is 49.0 Å². The number of amides is 1. The Hall–Kier alpha value is -2.51. The van der Waals surface area contributed by atoms with Gasteiger partial charge in [-0.05, 0) is 37.3 Å². The van der Waals surface area contributed by atoms with Crippen LogP contribution in [0.5, 0.6) is 0 Å². The van der Waals surface area contributed by atoms with Gasteiger partial charge in [-0.3, -0.25) is 9.20 Å². The molecule has 0 bridgehead atoms. The highest BCUT2D eigenvalue weighted by molar-refractivity contribution is 9.10. The van der Waals surface area contributed by atoms with Gasteiger partial charge in [0.1, 0.15) is 11.3 Å². The number of aryl methyl sites for hydroxylation is 1. The van der Waals surface area contributed by atoms with Gasteiger partial charge in [0, 0.05) is 17.2 Å². The van der Waals surface area contributed by atoms with Crippen LogP contribution >= 0.6 is 27.3 Å². The van der Waals surface area contributed by atoms with E-state index in [4.69, 9.17) is 0 Å². The van der Waals surface area contributed by atoms with E-state index < -0.39 is 0 Å². The molecule has 3 aromatic heterocycles. The molecule has 0 aliphatic carbocycles. The number of rotatable bonds is 3. The van der Waals surface area contributed by atoms with Crippen LogP contribution in [0.4, 0.5) is 0 Å². The summed E-state index contributed by atoms with van der Waals surface area (Å²) in [5.41, 5.74) is 2.93. The summed E-state index contributed by atoms with van der Waals surface area (Å²) in [4.78, 5) is 22.4. The summed E-state index contributed by atoms with van der Waals surface area (Å²) in [5, 5.41) is 0. The van der Waals surface area contributed by atoms with Gasteiger partial charge in [-0.15, -0.1) is 6.58 Å². The second-order valence-electron chi connectivity index (χ2n) is 5.79. The number of thiazole rings is 1. The lowest BCUT2D eigenvalue weighted by Gasteiger charge is -2.01. The van der Waals surface area contributed by atoms with Crippen LogP contribution < -0.4 is 4.80 Å². The fourth-order valence-electron chi connectivity index (χ4n) is 2.95. The van der Waals surface area contributed by atoms with Crippen molar-refractivity contribution in [3.63, 3.8) is 0 Å². The molecule has 1 aromatic carbocycles. The zero-order chi connectivity index (χ0) is 18.3. The van der Waals surface area contributed by atoms with Gasteiger partial charge in [0.25, 0.3) is 5.91 Å². The molecule has 0 saturated carbocycles. The summed E-state index contributed by atoms with van der Waals surface area (Å²) >= 11 is 4.98. The van der Waals surface area contributed by atoms with Crippen LogP contribution in [0.1, 0.15) is 16.2 Å². The summed E-state index contributed by atoms with van der Waals surface area (Å²) in [6, 6.07) is 11.7. The molecule has 0 atom stereocenters. The lowest BCUT2D eigenvalue weighted by Crippen LogP contribution is -2.17. The molecule has 0 fully saturated rings. The molecule has 3 heterocycles. The molecule has 0 unspecified atom stereocenters. The fourth-order valence-corrected chi connectivity index (χ4v) is 4.54. The first-order chi connectivity index (χ1) is 12.6. The normalized spacial score (nSPS) is 12.2. The van der Waals surface area contributed by atoms with Gasteiger partial charge in [0.15, 0.2) is 4.80 Å². The van der Waals surface area contributed by atoms with Crippen LogP contribution in [0.2, 0.25) is 0 Å². The summed E-state index contributed by atoms with van der Waals surface area (Å²) in [5.74, 6) is -0.301. The van der Waals surface area contributed by atoms with Gasteiger partial charge in [0.05, 0.1) is 15.9 Å². The van der Waals surface area contributed by atoms with E-state index in [9.17, 15) is 4.79 Å².